The number of H-pyrrole nitrogens is 1. The Labute approximate surface area is 164 Å². The van der Waals surface area contributed by atoms with Gasteiger partial charge in [0.1, 0.15) is 10.7 Å². The van der Waals surface area contributed by atoms with Gasteiger partial charge in [0.25, 0.3) is 11.8 Å². The molecule has 2 heterocycles. The molecule has 1 aliphatic carbocycles. The molecular weight excluding hydrogens is 378 g/mol. The van der Waals surface area contributed by atoms with E-state index in [1.54, 1.807) is 6.07 Å². The molecule has 4 N–H and O–H groups in total. The van der Waals surface area contributed by atoms with Gasteiger partial charge in [0.05, 0.1) is 5.56 Å². The summed E-state index contributed by atoms with van der Waals surface area (Å²) in [5.41, 5.74) is 7.89. The fourth-order valence-corrected chi connectivity index (χ4v) is 4.73. The lowest BCUT2D eigenvalue weighted by Gasteiger charge is -2.13. The first kappa shape index (κ1) is 18.2. The number of para-hydroxylation sites is 1. The fraction of sp³-hybridized carbons (Fsp3) is 0.250. The normalized spacial score (nSPS) is 13.9. The molecule has 0 aliphatic heterocycles. The molecule has 0 spiro atoms. The van der Waals surface area contributed by atoms with Crippen LogP contribution in [0.15, 0.2) is 30.3 Å². The van der Waals surface area contributed by atoms with E-state index in [1.807, 2.05) is 24.3 Å². The highest BCUT2D eigenvalue weighted by Crippen LogP contribution is 2.38. The smallest absolute Gasteiger partial charge is 0.355 e. The molecule has 0 fully saturated rings. The van der Waals surface area contributed by atoms with Gasteiger partial charge in [-0.1, -0.05) is 18.2 Å². The largest absolute Gasteiger partial charge is 0.448 e. The van der Waals surface area contributed by atoms with Crippen LogP contribution in [-0.2, 0) is 22.4 Å². The minimum absolute atomic E-state index is 0.272. The van der Waals surface area contributed by atoms with Crippen molar-refractivity contribution in [1.29, 1.82) is 0 Å². The number of anilines is 1. The van der Waals surface area contributed by atoms with Gasteiger partial charge in [0, 0.05) is 15.8 Å². The van der Waals surface area contributed by atoms with E-state index in [1.165, 1.54) is 18.3 Å². The number of hydrogen-bond donors (Lipinski definition) is 3. The second-order valence-corrected chi connectivity index (χ2v) is 7.84. The predicted molar refractivity (Wildman–Crippen MR) is 107 cm³/mol. The number of fused-ring (bicyclic) bond motifs is 2. The summed E-state index contributed by atoms with van der Waals surface area (Å²) in [7, 11) is 0. The Kier molecular flexibility index (Phi) is 4.64. The Morgan fingerprint density at radius 1 is 1.25 bits per heavy atom. The SMILES string of the molecule is C[C@H](OC(=O)c1cc2ccccc2[nH]1)C(=O)Nc1sc2c(c1C(N)=O)CCC2. The first-order valence-electron chi connectivity index (χ1n) is 8.98. The number of carbonyl (C=O) groups excluding carboxylic acids is 3. The monoisotopic (exact) mass is 397 g/mol. The summed E-state index contributed by atoms with van der Waals surface area (Å²) in [6.45, 7) is 1.49. The highest BCUT2D eigenvalue weighted by molar-refractivity contribution is 7.17. The minimum atomic E-state index is -1.03. The van der Waals surface area contributed by atoms with Gasteiger partial charge in [-0.15, -0.1) is 11.3 Å². The number of carbonyl (C=O) groups is 3. The van der Waals surface area contributed by atoms with Crippen LogP contribution in [0.4, 0.5) is 5.00 Å². The number of primary amides is 1. The van der Waals surface area contributed by atoms with E-state index in [9.17, 15) is 14.4 Å². The first-order valence-corrected chi connectivity index (χ1v) is 9.79. The number of thiophene rings is 1. The van der Waals surface area contributed by atoms with Crippen LogP contribution in [0.3, 0.4) is 0 Å². The molecule has 3 aromatic rings. The molecule has 1 atom stereocenters. The molecule has 144 valence electrons. The van der Waals surface area contributed by atoms with Gasteiger partial charge in [-0.2, -0.15) is 0 Å². The molecule has 0 unspecified atom stereocenters. The Morgan fingerprint density at radius 2 is 2.04 bits per heavy atom. The number of aromatic amines is 1. The number of hydrogen-bond acceptors (Lipinski definition) is 5. The number of nitrogens with two attached hydrogens (primary N) is 1. The van der Waals surface area contributed by atoms with Crippen LogP contribution in [0.1, 0.15) is 44.6 Å². The summed E-state index contributed by atoms with van der Waals surface area (Å²) in [5.74, 6) is -1.69. The van der Waals surface area contributed by atoms with Crippen LogP contribution in [0, 0.1) is 0 Å². The summed E-state index contributed by atoms with van der Waals surface area (Å²) in [6, 6.07) is 9.13. The van der Waals surface area contributed by atoms with E-state index in [2.05, 4.69) is 10.3 Å². The second kappa shape index (κ2) is 7.12. The molecule has 0 radical (unpaired) electrons. The molecule has 0 saturated carbocycles. The van der Waals surface area contributed by atoms with Crippen LogP contribution in [-0.4, -0.2) is 28.9 Å². The number of benzene rings is 1. The molecule has 28 heavy (non-hydrogen) atoms. The quantitative estimate of drug-likeness (QED) is 0.574. The van der Waals surface area contributed by atoms with Crippen molar-refractivity contribution in [2.24, 2.45) is 5.73 Å². The number of nitrogens with one attached hydrogen (secondary N) is 2. The summed E-state index contributed by atoms with van der Waals surface area (Å²) < 4.78 is 5.28. The number of esters is 1. The topological polar surface area (TPSA) is 114 Å². The number of ether oxygens (including phenoxy) is 1. The van der Waals surface area contributed by atoms with E-state index < -0.39 is 23.9 Å². The molecule has 0 saturated heterocycles. The van der Waals surface area contributed by atoms with Gasteiger partial charge in [-0.05, 0) is 43.9 Å². The van der Waals surface area contributed by atoms with Gasteiger partial charge < -0.3 is 20.8 Å². The van der Waals surface area contributed by atoms with Crippen molar-refractivity contribution in [3.05, 3.63) is 52.0 Å². The molecule has 0 bridgehead atoms. The van der Waals surface area contributed by atoms with Crippen molar-refractivity contribution < 1.29 is 19.1 Å². The lowest BCUT2D eigenvalue weighted by molar-refractivity contribution is -0.123. The van der Waals surface area contributed by atoms with Crippen molar-refractivity contribution in [2.75, 3.05) is 5.32 Å². The summed E-state index contributed by atoms with van der Waals surface area (Å²) in [5, 5.41) is 4.00. The van der Waals surface area contributed by atoms with Gasteiger partial charge in [0.2, 0.25) is 0 Å². The molecule has 8 heteroatoms. The van der Waals surface area contributed by atoms with Gasteiger partial charge in [-0.3, -0.25) is 9.59 Å². The molecule has 7 nitrogen and oxygen atoms in total. The van der Waals surface area contributed by atoms with Crippen LogP contribution in [0.5, 0.6) is 0 Å². The first-order chi connectivity index (χ1) is 13.4. The summed E-state index contributed by atoms with van der Waals surface area (Å²) >= 11 is 1.36. The van der Waals surface area contributed by atoms with Crippen LogP contribution >= 0.6 is 11.3 Å². The number of aryl methyl sites for hydroxylation is 1. The van der Waals surface area contributed by atoms with Crippen molar-refractivity contribution in [2.45, 2.75) is 32.3 Å². The van der Waals surface area contributed by atoms with Crippen LogP contribution in [0.25, 0.3) is 10.9 Å². The Hall–Kier alpha value is -3.13. The minimum Gasteiger partial charge on any atom is -0.448 e. The van der Waals surface area contributed by atoms with Crippen molar-refractivity contribution in [3.63, 3.8) is 0 Å². The van der Waals surface area contributed by atoms with E-state index in [4.69, 9.17) is 10.5 Å². The van der Waals surface area contributed by atoms with Crippen LogP contribution in [0.2, 0.25) is 0 Å². The highest BCUT2D eigenvalue weighted by atomic mass is 32.1. The van der Waals surface area contributed by atoms with E-state index in [-0.39, 0.29) is 5.69 Å². The second-order valence-electron chi connectivity index (χ2n) is 6.73. The Morgan fingerprint density at radius 3 is 2.79 bits per heavy atom. The maximum Gasteiger partial charge on any atom is 0.355 e. The number of aromatic nitrogens is 1. The molecule has 4 rings (SSSR count). The predicted octanol–water partition coefficient (Wildman–Crippen LogP) is 3.00. The van der Waals surface area contributed by atoms with Gasteiger partial charge in [-0.25, -0.2) is 4.79 Å². The van der Waals surface area contributed by atoms with Crippen molar-refractivity contribution >= 4 is 45.0 Å². The summed E-state index contributed by atoms with van der Waals surface area (Å²) in [4.78, 5) is 40.8. The lowest BCUT2D eigenvalue weighted by Crippen LogP contribution is -2.30. The standard InChI is InChI=1S/C20H19N3O4S/c1-10(27-20(26)14-9-11-5-2-3-7-13(11)22-14)18(25)23-19-16(17(21)24)12-6-4-8-15(12)28-19/h2-3,5,7,9-10,22H,4,6,8H2,1H3,(H2,21,24)(H,23,25)/t10-/m0/s1. The third-order valence-corrected chi connectivity index (χ3v) is 6.01. The third-order valence-electron chi connectivity index (χ3n) is 4.81. The molecule has 1 aliphatic rings. The van der Waals surface area contributed by atoms with Crippen molar-refractivity contribution in [3.8, 4) is 0 Å². The van der Waals surface area contributed by atoms with E-state index >= 15 is 0 Å². The van der Waals surface area contributed by atoms with E-state index in [0.29, 0.717) is 10.6 Å². The van der Waals surface area contributed by atoms with Crippen LogP contribution < -0.4 is 11.1 Å². The number of amides is 2. The molecule has 2 amide bonds. The zero-order valence-corrected chi connectivity index (χ0v) is 16.0. The lowest BCUT2D eigenvalue weighted by atomic mass is 10.1. The Bertz CT molecular complexity index is 1070. The van der Waals surface area contributed by atoms with Gasteiger partial charge >= 0.3 is 5.97 Å². The zero-order chi connectivity index (χ0) is 19.8. The fourth-order valence-electron chi connectivity index (χ4n) is 3.43. The maximum absolute atomic E-state index is 12.5. The number of rotatable bonds is 5. The Balaban J connectivity index is 1.47. The zero-order valence-electron chi connectivity index (χ0n) is 15.2. The molecular formula is C20H19N3O4S. The average molecular weight is 397 g/mol. The maximum atomic E-state index is 12.5. The molecule has 2 aromatic heterocycles. The van der Waals surface area contributed by atoms with Gasteiger partial charge in [0.15, 0.2) is 6.10 Å². The molecule has 1 aromatic carbocycles. The van der Waals surface area contributed by atoms with Crippen molar-refractivity contribution in [1.82, 2.24) is 4.98 Å². The highest BCUT2D eigenvalue weighted by Gasteiger charge is 2.28. The summed E-state index contributed by atoms with van der Waals surface area (Å²) in [6.07, 6.45) is 1.61. The van der Waals surface area contributed by atoms with E-state index in [0.717, 1.165) is 40.6 Å². The average Bonchev–Trinajstić information content (AvgIpc) is 3.34. The third kappa shape index (κ3) is 3.27.